The number of nitrogen functional groups attached to an aromatic ring is 1. The average molecular weight is 264 g/mol. The molecule has 0 spiro atoms. The van der Waals surface area contributed by atoms with E-state index in [1.54, 1.807) is 0 Å². The first kappa shape index (κ1) is 15.8. The van der Waals surface area contributed by atoms with Gasteiger partial charge in [0.2, 0.25) is 0 Å². The van der Waals surface area contributed by atoms with Crippen LogP contribution in [0.1, 0.15) is 32.3 Å². The van der Waals surface area contributed by atoms with Crippen molar-refractivity contribution in [3.05, 3.63) is 23.8 Å². The molecular formula is C16H28N2O. The zero-order chi connectivity index (χ0) is 14.3. The van der Waals surface area contributed by atoms with E-state index in [4.69, 9.17) is 10.5 Å². The molecule has 0 aromatic heterocycles. The van der Waals surface area contributed by atoms with Crippen molar-refractivity contribution in [2.75, 3.05) is 32.5 Å². The third kappa shape index (κ3) is 5.11. The monoisotopic (exact) mass is 264 g/mol. The number of benzene rings is 1. The van der Waals surface area contributed by atoms with E-state index >= 15 is 0 Å². The molecule has 0 unspecified atom stereocenters. The van der Waals surface area contributed by atoms with Crippen molar-refractivity contribution in [2.24, 2.45) is 5.92 Å². The van der Waals surface area contributed by atoms with Gasteiger partial charge in [0.25, 0.3) is 0 Å². The first-order valence-electron chi connectivity index (χ1n) is 7.32. The molecule has 0 atom stereocenters. The van der Waals surface area contributed by atoms with E-state index in [9.17, 15) is 0 Å². The number of hydrogen-bond acceptors (Lipinski definition) is 3. The van der Waals surface area contributed by atoms with Crippen molar-refractivity contribution in [1.29, 1.82) is 0 Å². The lowest BCUT2D eigenvalue weighted by atomic mass is 9.98. The highest BCUT2D eigenvalue weighted by Crippen LogP contribution is 2.23. The van der Waals surface area contributed by atoms with Crippen LogP contribution in [0.5, 0.6) is 5.75 Å². The molecule has 1 fully saturated rings. The number of aryl methyl sites for hydroxylation is 1. The molecule has 3 nitrogen and oxygen atoms in total. The van der Waals surface area contributed by atoms with E-state index in [1.807, 2.05) is 39.0 Å². The maximum Gasteiger partial charge on any atom is 0.122 e. The van der Waals surface area contributed by atoms with Crippen molar-refractivity contribution in [3.8, 4) is 5.75 Å². The molecule has 0 aliphatic carbocycles. The molecule has 1 aromatic rings. The van der Waals surface area contributed by atoms with Gasteiger partial charge in [0, 0.05) is 5.69 Å². The summed E-state index contributed by atoms with van der Waals surface area (Å²) < 4.78 is 5.89. The van der Waals surface area contributed by atoms with Gasteiger partial charge in [0.1, 0.15) is 5.75 Å². The van der Waals surface area contributed by atoms with E-state index < -0.39 is 0 Å². The van der Waals surface area contributed by atoms with Crippen LogP contribution in [-0.2, 0) is 0 Å². The molecule has 1 saturated heterocycles. The molecule has 1 aliphatic heterocycles. The van der Waals surface area contributed by atoms with Crippen LogP contribution in [0.4, 0.5) is 5.69 Å². The highest BCUT2D eigenvalue weighted by molar-refractivity contribution is 5.47. The van der Waals surface area contributed by atoms with Gasteiger partial charge in [-0.05, 0) is 69.6 Å². The number of nitrogens with zero attached hydrogens (tertiary/aromatic N) is 1. The van der Waals surface area contributed by atoms with Crippen LogP contribution in [0.25, 0.3) is 0 Å². The summed E-state index contributed by atoms with van der Waals surface area (Å²) in [4.78, 5) is 2.38. The molecule has 3 heteroatoms. The average Bonchev–Trinajstić information content (AvgIpc) is 2.42. The van der Waals surface area contributed by atoms with Gasteiger partial charge in [-0.25, -0.2) is 0 Å². The van der Waals surface area contributed by atoms with Gasteiger partial charge in [-0.15, -0.1) is 0 Å². The predicted octanol–water partition coefficient (Wildman–Crippen LogP) is 3.32. The van der Waals surface area contributed by atoms with Crippen LogP contribution in [0.2, 0.25) is 0 Å². The summed E-state index contributed by atoms with van der Waals surface area (Å²) in [6.45, 7) is 9.25. The van der Waals surface area contributed by atoms with Crippen LogP contribution < -0.4 is 10.5 Å². The number of nitrogens with two attached hydrogens (primary N) is 1. The van der Waals surface area contributed by atoms with Crippen LogP contribution in [0.15, 0.2) is 18.2 Å². The fourth-order valence-electron chi connectivity index (χ4n) is 2.27. The van der Waals surface area contributed by atoms with E-state index in [0.29, 0.717) is 5.92 Å². The van der Waals surface area contributed by atoms with Gasteiger partial charge < -0.3 is 15.4 Å². The number of rotatable bonds is 3. The zero-order valence-corrected chi connectivity index (χ0v) is 12.8. The number of likely N-dealkylation sites (tertiary alicyclic amines) is 1. The maximum absolute atomic E-state index is 5.89. The molecule has 2 rings (SSSR count). The third-order valence-electron chi connectivity index (χ3n) is 3.51. The second kappa shape index (κ2) is 8.05. The molecule has 2 N–H and O–H groups in total. The summed E-state index contributed by atoms with van der Waals surface area (Å²) in [7, 11) is 2.18. The van der Waals surface area contributed by atoms with Gasteiger partial charge in [-0.2, -0.15) is 0 Å². The molecule has 0 radical (unpaired) electrons. The minimum atomic E-state index is 0.697. The number of ether oxygens (including phenoxy) is 1. The number of piperidine rings is 1. The molecule has 0 saturated carbocycles. The molecule has 0 amide bonds. The topological polar surface area (TPSA) is 38.5 Å². The first-order valence-corrected chi connectivity index (χ1v) is 7.32. The van der Waals surface area contributed by atoms with Gasteiger partial charge in [0.05, 0.1) is 6.61 Å². The Morgan fingerprint density at radius 1 is 1.26 bits per heavy atom. The number of anilines is 1. The zero-order valence-electron chi connectivity index (χ0n) is 12.8. The highest BCUT2D eigenvalue weighted by Gasteiger charge is 2.17. The van der Waals surface area contributed by atoms with Crippen molar-refractivity contribution >= 4 is 5.69 Å². The molecular weight excluding hydrogens is 236 g/mol. The lowest BCUT2D eigenvalue weighted by Crippen LogP contribution is -2.32. The smallest absolute Gasteiger partial charge is 0.122 e. The number of hydrogen-bond donors (Lipinski definition) is 1. The molecule has 0 bridgehead atoms. The molecule has 1 aromatic carbocycles. The first-order chi connectivity index (χ1) is 9.15. The normalized spacial score (nSPS) is 16.6. The van der Waals surface area contributed by atoms with Gasteiger partial charge >= 0.3 is 0 Å². The van der Waals surface area contributed by atoms with Crippen LogP contribution in [-0.4, -0.2) is 31.6 Å². The molecule has 1 heterocycles. The Bertz CT molecular complexity index is 371. The van der Waals surface area contributed by atoms with Gasteiger partial charge in [-0.1, -0.05) is 13.8 Å². The summed E-state index contributed by atoms with van der Waals surface area (Å²) in [5, 5.41) is 0. The summed E-state index contributed by atoms with van der Waals surface area (Å²) >= 11 is 0. The van der Waals surface area contributed by atoms with Gasteiger partial charge in [-0.3, -0.25) is 0 Å². The molecule has 19 heavy (non-hydrogen) atoms. The van der Waals surface area contributed by atoms with E-state index in [0.717, 1.165) is 23.6 Å². The van der Waals surface area contributed by atoms with Crippen molar-refractivity contribution in [1.82, 2.24) is 4.90 Å². The van der Waals surface area contributed by atoms with Crippen LogP contribution in [0, 0.1) is 12.8 Å². The lowest BCUT2D eigenvalue weighted by Gasteiger charge is -2.28. The third-order valence-corrected chi connectivity index (χ3v) is 3.51. The maximum atomic E-state index is 5.89. The molecule has 108 valence electrons. The second-order valence-corrected chi connectivity index (χ2v) is 5.08. The summed E-state index contributed by atoms with van der Waals surface area (Å²) in [6.07, 6.45) is 2.48. The quantitative estimate of drug-likeness (QED) is 0.851. The minimum Gasteiger partial charge on any atom is -0.493 e. The Kier molecular flexibility index (Phi) is 6.71. The SMILES string of the molecule is CC.Cc1cc(N)ccc1OCC1CCN(C)CC1. The largest absolute Gasteiger partial charge is 0.493 e. The van der Waals surface area contributed by atoms with Crippen LogP contribution >= 0.6 is 0 Å². The fourth-order valence-corrected chi connectivity index (χ4v) is 2.27. The van der Waals surface area contributed by atoms with Crippen molar-refractivity contribution in [2.45, 2.75) is 33.6 Å². The highest BCUT2D eigenvalue weighted by atomic mass is 16.5. The predicted molar refractivity (Wildman–Crippen MR) is 82.7 cm³/mol. The fraction of sp³-hybridized carbons (Fsp3) is 0.625. The Morgan fingerprint density at radius 2 is 1.89 bits per heavy atom. The summed E-state index contributed by atoms with van der Waals surface area (Å²) in [6, 6.07) is 5.83. The van der Waals surface area contributed by atoms with Crippen molar-refractivity contribution < 1.29 is 4.74 Å². The Morgan fingerprint density at radius 3 is 2.47 bits per heavy atom. The Balaban J connectivity index is 0.000000861. The Hall–Kier alpha value is -1.22. The standard InChI is InChI=1S/C14H22N2O.C2H6/c1-11-9-13(15)3-4-14(11)17-10-12-5-7-16(2)8-6-12;1-2/h3-4,9,12H,5-8,10,15H2,1-2H3;1-2H3. The van der Waals surface area contributed by atoms with Gasteiger partial charge in [0.15, 0.2) is 0 Å². The molecule has 1 aliphatic rings. The van der Waals surface area contributed by atoms with Crippen molar-refractivity contribution in [3.63, 3.8) is 0 Å². The second-order valence-electron chi connectivity index (χ2n) is 5.08. The van der Waals surface area contributed by atoms with E-state index in [1.165, 1.54) is 25.9 Å². The minimum absolute atomic E-state index is 0.697. The van der Waals surface area contributed by atoms with E-state index in [2.05, 4.69) is 11.9 Å². The lowest BCUT2D eigenvalue weighted by molar-refractivity contribution is 0.159. The Labute approximate surface area is 117 Å². The van der Waals surface area contributed by atoms with Crippen LogP contribution in [0.3, 0.4) is 0 Å². The summed E-state index contributed by atoms with van der Waals surface area (Å²) in [5.74, 6) is 1.67. The van der Waals surface area contributed by atoms with E-state index in [-0.39, 0.29) is 0 Å². The summed E-state index contributed by atoms with van der Waals surface area (Å²) in [5.41, 5.74) is 7.64.